The quantitative estimate of drug-likeness (QED) is 0.776. The molecule has 1 atom stereocenters. The predicted octanol–water partition coefficient (Wildman–Crippen LogP) is 1.74. The van der Waals surface area contributed by atoms with Crippen LogP contribution in [0.1, 0.15) is 30.1 Å². The van der Waals surface area contributed by atoms with Crippen LogP contribution in [-0.2, 0) is 4.79 Å². The second kappa shape index (κ2) is 6.43. The highest BCUT2D eigenvalue weighted by atomic mass is 127. The van der Waals surface area contributed by atoms with Gasteiger partial charge in [0, 0.05) is 18.7 Å². The van der Waals surface area contributed by atoms with Gasteiger partial charge in [0.2, 0.25) is 5.91 Å². The Morgan fingerprint density at radius 3 is 2.60 bits per heavy atom. The number of hydrogen-bond acceptors (Lipinski definition) is 3. The third-order valence-corrected chi connectivity index (χ3v) is 4.26. The van der Waals surface area contributed by atoms with Crippen LogP contribution in [0.2, 0.25) is 0 Å². The van der Waals surface area contributed by atoms with Crippen molar-refractivity contribution >= 4 is 34.4 Å². The van der Waals surface area contributed by atoms with E-state index >= 15 is 0 Å². The molecular formula is C14H17IN2O3. The lowest BCUT2D eigenvalue weighted by atomic mass is 10.2. The van der Waals surface area contributed by atoms with Crippen molar-refractivity contribution in [3.8, 4) is 5.75 Å². The van der Waals surface area contributed by atoms with Crippen molar-refractivity contribution in [3.63, 3.8) is 0 Å². The largest absolute Gasteiger partial charge is 0.507 e. The zero-order valence-corrected chi connectivity index (χ0v) is 13.4. The summed E-state index contributed by atoms with van der Waals surface area (Å²) in [5.41, 5.74) is 0.351. The van der Waals surface area contributed by atoms with E-state index in [1.807, 2.05) is 22.6 Å². The summed E-state index contributed by atoms with van der Waals surface area (Å²) in [6.45, 7) is 3.22. The second-order valence-electron chi connectivity index (χ2n) is 4.89. The van der Waals surface area contributed by atoms with Crippen LogP contribution < -0.4 is 5.32 Å². The second-order valence-corrected chi connectivity index (χ2v) is 6.06. The van der Waals surface area contributed by atoms with Crippen LogP contribution in [0.15, 0.2) is 18.2 Å². The number of nitrogens with one attached hydrogen (secondary N) is 1. The third-order valence-electron chi connectivity index (χ3n) is 3.34. The highest BCUT2D eigenvalue weighted by Gasteiger charge is 2.24. The summed E-state index contributed by atoms with van der Waals surface area (Å²) in [6.07, 6.45) is 2.05. The summed E-state index contributed by atoms with van der Waals surface area (Å²) in [4.78, 5) is 25.9. The Morgan fingerprint density at radius 2 is 2.00 bits per heavy atom. The van der Waals surface area contributed by atoms with E-state index in [0.29, 0.717) is 9.13 Å². The molecular weight excluding hydrogens is 371 g/mol. The van der Waals surface area contributed by atoms with Gasteiger partial charge in [0.25, 0.3) is 5.91 Å². The first-order valence-electron chi connectivity index (χ1n) is 6.57. The summed E-state index contributed by atoms with van der Waals surface area (Å²) in [7, 11) is 0. The predicted molar refractivity (Wildman–Crippen MR) is 83.6 cm³/mol. The zero-order chi connectivity index (χ0) is 14.7. The molecule has 1 heterocycles. The van der Waals surface area contributed by atoms with Gasteiger partial charge >= 0.3 is 0 Å². The number of hydrogen-bond donors (Lipinski definition) is 2. The molecule has 2 rings (SSSR count). The topological polar surface area (TPSA) is 69.6 Å². The average molecular weight is 388 g/mol. The van der Waals surface area contributed by atoms with E-state index in [0.717, 1.165) is 25.9 Å². The van der Waals surface area contributed by atoms with E-state index < -0.39 is 6.04 Å². The minimum atomic E-state index is -0.554. The van der Waals surface area contributed by atoms with Gasteiger partial charge in [0.1, 0.15) is 11.8 Å². The first kappa shape index (κ1) is 15.1. The van der Waals surface area contributed by atoms with Gasteiger partial charge in [-0.1, -0.05) is 0 Å². The first-order valence-corrected chi connectivity index (χ1v) is 7.65. The van der Waals surface area contributed by atoms with Gasteiger partial charge in [0.15, 0.2) is 0 Å². The lowest BCUT2D eigenvalue weighted by molar-refractivity contribution is -0.131. The van der Waals surface area contributed by atoms with E-state index in [9.17, 15) is 14.7 Å². The molecule has 1 aliphatic rings. The van der Waals surface area contributed by atoms with Crippen molar-refractivity contribution in [2.45, 2.75) is 25.8 Å². The lowest BCUT2D eigenvalue weighted by Crippen LogP contribution is -2.45. The summed E-state index contributed by atoms with van der Waals surface area (Å²) >= 11 is 1.98. The maximum Gasteiger partial charge on any atom is 0.252 e. The number of likely N-dealkylation sites (tertiary alicyclic amines) is 1. The molecule has 1 saturated heterocycles. The molecule has 5 nitrogen and oxygen atoms in total. The molecule has 0 radical (unpaired) electrons. The minimum absolute atomic E-state index is 0.0504. The molecule has 0 spiro atoms. The maximum atomic E-state index is 12.1. The number of nitrogens with zero attached hydrogens (tertiary/aromatic N) is 1. The van der Waals surface area contributed by atoms with Crippen molar-refractivity contribution in [3.05, 3.63) is 27.3 Å². The summed E-state index contributed by atoms with van der Waals surface area (Å²) in [5, 5.41) is 12.3. The Hall–Kier alpha value is -1.31. The first-order chi connectivity index (χ1) is 9.49. The molecule has 1 aromatic carbocycles. The molecule has 20 heavy (non-hydrogen) atoms. The molecule has 0 aliphatic carbocycles. The van der Waals surface area contributed by atoms with Gasteiger partial charge in [0.05, 0.1) is 3.57 Å². The van der Waals surface area contributed by atoms with Gasteiger partial charge in [-0.3, -0.25) is 9.59 Å². The number of carbonyl (C=O) groups is 2. The SMILES string of the molecule is CC(NC(=O)c1ccc(I)c(O)c1)C(=O)N1CCCC1. The lowest BCUT2D eigenvalue weighted by Gasteiger charge is -2.21. The number of phenols is 1. The van der Waals surface area contributed by atoms with Crippen LogP contribution >= 0.6 is 22.6 Å². The Bertz CT molecular complexity index is 527. The van der Waals surface area contributed by atoms with E-state index in [1.165, 1.54) is 6.07 Å². The van der Waals surface area contributed by atoms with Crippen molar-refractivity contribution in [1.82, 2.24) is 10.2 Å². The number of carbonyl (C=O) groups excluding carboxylic acids is 2. The Morgan fingerprint density at radius 1 is 1.35 bits per heavy atom. The van der Waals surface area contributed by atoms with Gasteiger partial charge in [-0.15, -0.1) is 0 Å². The zero-order valence-electron chi connectivity index (χ0n) is 11.2. The fraction of sp³-hybridized carbons (Fsp3) is 0.429. The molecule has 6 heteroatoms. The normalized spacial score (nSPS) is 16.0. The summed E-state index contributed by atoms with van der Waals surface area (Å²) < 4.78 is 0.681. The van der Waals surface area contributed by atoms with Crippen LogP contribution in [0.4, 0.5) is 0 Å². The standard InChI is InChI=1S/C14H17IN2O3/c1-9(14(20)17-6-2-3-7-17)16-13(19)10-4-5-11(15)12(18)8-10/h4-5,8-9,18H,2-3,6-7H2,1H3,(H,16,19). The number of rotatable bonds is 3. The smallest absolute Gasteiger partial charge is 0.252 e. The highest BCUT2D eigenvalue weighted by Crippen LogP contribution is 2.20. The fourth-order valence-electron chi connectivity index (χ4n) is 2.21. The summed E-state index contributed by atoms with van der Waals surface area (Å²) in [5.74, 6) is -0.334. The summed E-state index contributed by atoms with van der Waals surface area (Å²) in [6, 6.07) is 4.15. The molecule has 0 saturated carbocycles. The maximum absolute atomic E-state index is 12.1. The van der Waals surface area contributed by atoms with Crippen LogP contribution in [0.25, 0.3) is 0 Å². The van der Waals surface area contributed by atoms with E-state index in [-0.39, 0.29) is 17.6 Å². The number of amides is 2. The highest BCUT2D eigenvalue weighted by molar-refractivity contribution is 14.1. The van der Waals surface area contributed by atoms with Crippen molar-refractivity contribution in [1.29, 1.82) is 0 Å². The number of benzene rings is 1. The Labute approximate surface area is 131 Å². The molecule has 2 N–H and O–H groups in total. The molecule has 0 bridgehead atoms. The molecule has 1 unspecified atom stereocenters. The number of halogens is 1. The number of phenolic OH excluding ortho intramolecular Hbond substituents is 1. The molecule has 2 amide bonds. The van der Waals surface area contributed by atoms with E-state index in [1.54, 1.807) is 24.0 Å². The molecule has 1 fully saturated rings. The molecule has 1 aliphatic heterocycles. The fourth-order valence-corrected chi connectivity index (χ4v) is 2.54. The molecule has 1 aromatic rings. The van der Waals surface area contributed by atoms with Crippen LogP contribution in [-0.4, -0.2) is 41.0 Å². The Kier molecular flexibility index (Phi) is 4.85. The van der Waals surface area contributed by atoms with Gasteiger partial charge < -0.3 is 15.3 Å². The minimum Gasteiger partial charge on any atom is -0.507 e. The van der Waals surface area contributed by atoms with E-state index in [4.69, 9.17) is 0 Å². The van der Waals surface area contributed by atoms with Gasteiger partial charge in [-0.25, -0.2) is 0 Å². The van der Waals surface area contributed by atoms with Crippen molar-refractivity contribution in [2.24, 2.45) is 0 Å². The van der Waals surface area contributed by atoms with Gasteiger partial charge in [-0.05, 0) is 60.6 Å². The van der Waals surface area contributed by atoms with Gasteiger partial charge in [-0.2, -0.15) is 0 Å². The van der Waals surface area contributed by atoms with Crippen LogP contribution in [0.5, 0.6) is 5.75 Å². The average Bonchev–Trinajstić information content (AvgIpc) is 2.94. The Balaban J connectivity index is 1.99. The van der Waals surface area contributed by atoms with Crippen LogP contribution in [0.3, 0.4) is 0 Å². The van der Waals surface area contributed by atoms with Crippen molar-refractivity contribution in [2.75, 3.05) is 13.1 Å². The van der Waals surface area contributed by atoms with Crippen molar-refractivity contribution < 1.29 is 14.7 Å². The van der Waals surface area contributed by atoms with Crippen LogP contribution in [0, 0.1) is 3.57 Å². The molecule has 0 aromatic heterocycles. The third kappa shape index (κ3) is 3.41. The van der Waals surface area contributed by atoms with E-state index in [2.05, 4.69) is 5.32 Å². The monoisotopic (exact) mass is 388 g/mol. The number of aromatic hydroxyl groups is 1. The molecule has 108 valence electrons.